The van der Waals surface area contributed by atoms with Gasteiger partial charge in [-0.1, -0.05) is 50.6 Å². The molecule has 0 radical (unpaired) electrons. The van der Waals surface area contributed by atoms with Gasteiger partial charge in [-0.2, -0.15) is 0 Å². The minimum absolute atomic E-state index is 0.133. The molecule has 104 valence electrons. The van der Waals surface area contributed by atoms with Crippen LogP contribution in [0, 0.1) is 5.41 Å². The molecule has 19 heavy (non-hydrogen) atoms. The predicted octanol–water partition coefficient (Wildman–Crippen LogP) is 3.35. The predicted molar refractivity (Wildman–Crippen MR) is 74.2 cm³/mol. The van der Waals surface area contributed by atoms with Crippen LogP contribution in [0.5, 0.6) is 0 Å². The number of ketones is 1. The normalized spacial score (nSPS) is 12.7. The van der Waals surface area contributed by atoms with Gasteiger partial charge < -0.3 is 10.1 Å². The first-order valence-electron chi connectivity index (χ1n) is 5.90. The highest BCUT2D eigenvalue weighted by Crippen LogP contribution is 2.29. The van der Waals surface area contributed by atoms with E-state index in [1.165, 1.54) is 7.11 Å². The molecule has 0 saturated carbocycles. The molecule has 0 bridgehead atoms. The van der Waals surface area contributed by atoms with E-state index >= 15 is 0 Å². The van der Waals surface area contributed by atoms with Crippen molar-refractivity contribution in [3.8, 4) is 0 Å². The monoisotopic (exact) mass is 283 g/mol. The Balaban J connectivity index is 3.17. The van der Waals surface area contributed by atoms with Gasteiger partial charge >= 0.3 is 6.09 Å². The van der Waals surface area contributed by atoms with Crippen LogP contribution in [0.1, 0.15) is 32.4 Å². The molecule has 1 amide bonds. The molecule has 0 aromatic heterocycles. The van der Waals surface area contributed by atoms with E-state index in [4.69, 9.17) is 11.6 Å². The molecule has 1 atom stereocenters. The van der Waals surface area contributed by atoms with Crippen LogP contribution >= 0.6 is 11.6 Å². The van der Waals surface area contributed by atoms with Gasteiger partial charge in [-0.05, 0) is 6.07 Å². The number of benzene rings is 1. The fourth-order valence-corrected chi connectivity index (χ4v) is 1.85. The molecular weight excluding hydrogens is 266 g/mol. The number of hydrogen-bond acceptors (Lipinski definition) is 3. The quantitative estimate of drug-likeness (QED) is 0.925. The van der Waals surface area contributed by atoms with Crippen LogP contribution in [0.2, 0.25) is 5.02 Å². The van der Waals surface area contributed by atoms with Crippen LogP contribution < -0.4 is 5.32 Å². The van der Waals surface area contributed by atoms with E-state index in [1.54, 1.807) is 45.0 Å². The zero-order valence-corrected chi connectivity index (χ0v) is 12.2. The van der Waals surface area contributed by atoms with E-state index < -0.39 is 17.6 Å². The number of alkyl carbamates (subject to hydrolysis) is 1. The number of amides is 1. The molecule has 4 nitrogen and oxygen atoms in total. The first-order chi connectivity index (χ1) is 8.77. The molecule has 0 aliphatic carbocycles. The van der Waals surface area contributed by atoms with Gasteiger partial charge in [0.05, 0.1) is 7.11 Å². The third-order valence-electron chi connectivity index (χ3n) is 2.67. The van der Waals surface area contributed by atoms with E-state index in [0.717, 1.165) is 0 Å². The van der Waals surface area contributed by atoms with Crippen LogP contribution in [-0.2, 0) is 9.53 Å². The number of halogens is 1. The standard InChI is InChI=1S/C14H18ClNO3/c1-14(2,3)12(17)11(16-13(18)19-4)9-7-5-6-8-10(9)15/h5-8,11H,1-4H3,(H,16,18)/t11-/m1/s1. The molecule has 0 saturated heterocycles. The Kier molecular flexibility index (Phi) is 4.95. The third kappa shape index (κ3) is 3.96. The van der Waals surface area contributed by atoms with Crippen molar-refractivity contribution in [2.45, 2.75) is 26.8 Å². The number of Topliss-reactive ketones (excluding diaryl/α,β-unsaturated/α-hetero) is 1. The van der Waals surface area contributed by atoms with Crippen molar-refractivity contribution in [3.63, 3.8) is 0 Å². The summed E-state index contributed by atoms with van der Waals surface area (Å²) < 4.78 is 4.56. The summed E-state index contributed by atoms with van der Waals surface area (Å²) in [5, 5.41) is 2.97. The summed E-state index contributed by atoms with van der Waals surface area (Å²) in [5.74, 6) is -0.133. The van der Waals surface area contributed by atoms with Gasteiger partial charge in [-0.25, -0.2) is 4.79 Å². The number of hydrogen-bond donors (Lipinski definition) is 1. The summed E-state index contributed by atoms with van der Waals surface area (Å²) in [5.41, 5.74) is -0.0419. The Morgan fingerprint density at radius 2 is 1.84 bits per heavy atom. The Hall–Kier alpha value is -1.55. The number of nitrogens with one attached hydrogen (secondary N) is 1. The van der Waals surface area contributed by atoms with E-state index in [9.17, 15) is 9.59 Å². The van der Waals surface area contributed by atoms with Crippen LogP contribution in [0.15, 0.2) is 24.3 Å². The van der Waals surface area contributed by atoms with Crippen molar-refractivity contribution in [1.29, 1.82) is 0 Å². The molecular formula is C14H18ClNO3. The number of carbonyl (C=O) groups excluding carboxylic acids is 2. The number of methoxy groups -OCH3 is 1. The van der Waals surface area contributed by atoms with Gasteiger partial charge in [0.15, 0.2) is 5.78 Å². The molecule has 1 rings (SSSR count). The van der Waals surface area contributed by atoms with Crippen LogP contribution in [0.25, 0.3) is 0 Å². The van der Waals surface area contributed by atoms with Gasteiger partial charge in [0.2, 0.25) is 0 Å². The maximum Gasteiger partial charge on any atom is 0.407 e. The van der Waals surface area contributed by atoms with Crippen LogP contribution in [0.3, 0.4) is 0 Å². The number of carbonyl (C=O) groups is 2. The van der Waals surface area contributed by atoms with E-state index in [-0.39, 0.29) is 5.78 Å². The zero-order valence-electron chi connectivity index (χ0n) is 11.5. The fraction of sp³-hybridized carbons (Fsp3) is 0.429. The van der Waals surface area contributed by atoms with Crippen LogP contribution in [-0.4, -0.2) is 19.0 Å². The van der Waals surface area contributed by atoms with Gasteiger partial charge in [0.1, 0.15) is 6.04 Å². The van der Waals surface area contributed by atoms with Crippen molar-refractivity contribution in [2.75, 3.05) is 7.11 Å². The number of ether oxygens (including phenoxy) is 1. The smallest absolute Gasteiger partial charge is 0.407 e. The van der Waals surface area contributed by atoms with Gasteiger partial charge in [0, 0.05) is 16.0 Å². The fourth-order valence-electron chi connectivity index (χ4n) is 1.60. The summed E-state index contributed by atoms with van der Waals surface area (Å²) in [6.45, 7) is 5.37. The molecule has 0 unspecified atom stereocenters. The Bertz CT molecular complexity index is 480. The molecule has 1 N–H and O–H groups in total. The Morgan fingerprint density at radius 3 is 2.32 bits per heavy atom. The maximum absolute atomic E-state index is 12.4. The second-order valence-electron chi connectivity index (χ2n) is 5.20. The topological polar surface area (TPSA) is 55.4 Å². The maximum atomic E-state index is 12.4. The average Bonchev–Trinajstić information content (AvgIpc) is 2.34. The van der Waals surface area contributed by atoms with Gasteiger partial charge in [-0.15, -0.1) is 0 Å². The number of rotatable bonds is 3. The lowest BCUT2D eigenvalue weighted by atomic mass is 9.84. The minimum atomic E-state index is -0.818. The largest absolute Gasteiger partial charge is 0.453 e. The van der Waals surface area contributed by atoms with E-state index in [1.807, 2.05) is 0 Å². The molecule has 5 heteroatoms. The summed E-state index contributed by atoms with van der Waals surface area (Å²) in [6.07, 6.45) is -0.664. The van der Waals surface area contributed by atoms with Crippen molar-refractivity contribution >= 4 is 23.5 Å². The summed E-state index contributed by atoms with van der Waals surface area (Å²) in [4.78, 5) is 23.8. The lowest BCUT2D eigenvalue weighted by Crippen LogP contribution is -2.39. The van der Waals surface area contributed by atoms with Crippen molar-refractivity contribution in [2.24, 2.45) is 5.41 Å². The molecule has 0 fully saturated rings. The minimum Gasteiger partial charge on any atom is -0.453 e. The first-order valence-corrected chi connectivity index (χ1v) is 6.28. The van der Waals surface area contributed by atoms with Crippen molar-refractivity contribution in [3.05, 3.63) is 34.9 Å². The Labute approximate surface area is 118 Å². The second-order valence-corrected chi connectivity index (χ2v) is 5.61. The van der Waals surface area contributed by atoms with Crippen molar-refractivity contribution < 1.29 is 14.3 Å². The average molecular weight is 284 g/mol. The zero-order chi connectivity index (χ0) is 14.6. The van der Waals surface area contributed by atoms with Gasteiger partial charge in [-0.3, -0.25) is 4.79 Å². The first kappa shape index (κ1) is 15.5. The molecule has 1 aromatic carbocycles. The van der Waals surface area contributed by atoms with E-state index in [0.29, 0.717) is 10.6 Å². The third-order valence-corrected chi connectivity index (χ3v) is 3.01. The molecule has 0 aliphatic rings. The molecule has 0 aliphatic heterocycles. The van der Waals surface area contributed by atoms with E-state index in [2.05, 4.69) is 10.1 Å². The second kappa shape index (κ2) is 6.06. The highest BCUT2D eigenvalue weighted by Gasteiger charge is 2.33. The lowest BCUT2D eigenvalue weighted by Gasteiger charge is -2.25. The molecule has 0 heterocycles. The summed E-state index contributed by atoms with van der Waals surface area (Å²) in [6, 6.07) is 6.11. The highest BCUT2D eigenvalue weighted by atomic mass is 35.5. The SMILES string of the molecule is COC(=O)N[C@@H](C(=O)C(C)(C)C)c1ccccc1Cl. The van der Waals surface area contributed by atoms with Crippen LogP contribution in [0.4, 0.5) is 4.79 Å². The highest BCUT2D eigenvalue weighted by molar-refractivity contribution is 6.31. The molecule has 1 aromatic rings. The molecule has 0 spiro atoms. The lowest BCUT2D eigenvalue weighted by molar-refractivity contribution is -0.128. The van der Waals surface area contributed by atoms with Crippen molar-refractivity contribution in [1.82, 2.24) is 5.32 Å². The summed E-state index contributed by atoms with van der Waals surface area (Å²) >= 11 is 6.10. The van der Waals surface area contributed by atoms with Gasteiger partial charge in [0.25, 0.3) is 0 Å². The Morgan fingerprint density at radius 1 is 1.26 bits per heavy atom. The summed E-state index contributed by atoms with van der Waals surface area (Å²) in [7, 11) is 1.25.